The van der Waals surface area contributed by atoms with Crippen LogP contribution in [0.15, 0.2) is 0 Å². The standard InChI is InChI=1S/C3H7NO.2ClH.Cr/c1-4(2)3-5;;;/h3H,1-2H3;2*1H;/q;;;+2/p-2. The van der Waals surface area contributed by atoms with Crippen LogP contribution in [0.3, 0.4) is 0 Å². The zero-order valence-corrected chi connectivity index (χ0v) is 7.38. The van der Waals surface area contributed by atoms with Crippen LogP contribution in [-0.4, -0.2) is 25.4 Å². The Balaban J connectivity index is 0. The van der Waals surface area contributed by atoms with Crippen molar-refractivity contribution in [1.29, 1.82) is 0 Å². The molecule has 2 nitrogen and oxygen atoms in total. The molecule has 0 aromatic carbocycles. The topological polar surface area (TPSA) is 20.3 Å². The van der Waals surface area contributed by atoms with Crippen molar-refractivity contribution in [3.8, 4) is 0 Å². The zero-order chi connectivity index (χ0) is 6.99. The van der Waals surface area contributed by atoms with Crippen LogP contribution in [-0.2, 0) is 18.2 Å². The molecule has 0 spiro atoms. The first-order valence-corrected chi connectivity index (χ1v) is 5.21. The van der Waals surface area contributed by atoms with Gasteiger partial charge in [-0.2, -0.15) is 0 Å². The molecule has 0 bridgehead atoms. The average molecular weight is 196 g/mol. The van der Waals surface area contributed by atoms with Crippen LogP contribution >= 0.6 is 20.1 Å². The fraction of sp³-hybridized carbons (Fsp3) is 0.667. The Kier molecular flexibility index (Phi) is 15.0. The molecule has 0 aliphatic carbocycles. The molecule has 1 amide bonds. The first-order chi connectivity index (χ1) is 3.68. The summed E-state index contributed by atoms with van der Waals surface area (Å²) < 4.78 is 0. The van der Waals surface area contributed by atoms with E-state index in [-0.39, 0.29) is 13.4 Å². The van der Waals surface area contributed by atoms with E-state index in [0.717, 1.165) is 6.41 Å². The third kappa shape index (κ3) is 30.8. The Morgan fingerprint density at radius 2 is 1.62 bits per heavy atom. The maximum absolute atomic E-state index is 9.43. The second-order valence-corrected chi connectivity index (χ2v) is 3.23. The molecule has 0 rings (SSSR count). The van der Waals surface area contributed by atoms with Crippen LogP contribution in [0.25, 0.3) is 0 Å². The number of rotatable bonds is 1. The molecule has 0 aromatic rings. The number of carbonyl (C=O) groups excluding carboxylic acids is 1. The van der Waals surface area contributed by atoms with Crippen molar-refractivity contribution in [3.63, 3.8) is 0 Å². The quantitative estimate of drug-likeness (QED) is 0.574. The van der Waals surface area contributed by atoms with E-state index in [1.807, 2.05) is 0 Å². The van der Waals surface area contributed by atoms with Crippen molar-refractivity contribution in [2.24, 2.45) is 0 Å². The fourth-order valence-corrected chi connectivity index (χ4v) is 0. The molecule has 0 fully saturated rings. The Hall–Kier alpha value is 0.582. The van der Waals surface area contributed by atoms with Crippen molar-refractivity contribution in [3.05, 3.63) is 0 Å². The molecule has 50 valence electrons. The van der Waals surface area contributed by atoms with Crippen LogP contribution in [0.5, 0.6) is 0 Å². The third-order valence-electron chi connectivity index (χ3n) is 0.211. The van der Waals surface area contributed by atoms with E-state index in [2.05, 4.69) is 0 Å². The fourth-order valence-electron chi connectivity index (χ4n) is 0. The van der Waals surface area contributed by atoms with Gasteiger partial charge >= 0.3 is 33.5 Å². The number of hydrogen-bond acceptors (Lipinski definition) is 1. The number of hydrogen-bond donors (Lipinski definition) is 0. The van der Waals surface area contributed by atoms with Gasteiger partial charge in [0.25, 0.3) is 0 Å². The van der Waals surface area contributed by atoms with Gasteiger partial charge in [0.1, 0.15) is 0 Å². The predicted octanol–water partition coefficient (Wildman–Crippen LogP) is 1.08. The van der Waals surface area contributed by atoms with E-state index >= 15 is 0 Å². The Labute approximate surface area is 63.9 Å². The Bertz CT molecular complexity index is 52.5. The van der Waals surface area contributed by atoms with Gasteiger partial charge in [0, 0.05) is 14.1 Å². The summed E-state index contributed by atoms with van der Waals surface area (Å²) in [5, 5.41) is 0. The molecular formula is C3H7Cl2CrNO. The molecule has 5 heteroatoms. The number of nitrogens with zero attached hydrogens (tertiary/aromatic N) is 1. The molecule has 0 saturated heterocycles. The van der Waals surface area contributed by atoms with Crippen LogP contribution < -0.4 is 0 Å². The van der Waals surface area contributed by atoms with Crippen molar-refractivity contribution in [2.75, 3.05) is 14.1 Å². The molecule has 0 radical (unpaired) electrons. The van der Waals surface area contributed by atoms with Gasteiger partial charge in [0.05, 0.1) is 0 Å². The van der Waals surface area contributed by atoms with E-state index in [1.54, 1.807) is 14.1 Å². The van der Waals surface area contributed by atoms with Crippen LogP contribution in [0, 0.1) is 0 Å². The van der Waals surface area contributed by atoms with Crippen molar-refractivity contribution in [1.82, 2.24) is 4.90 Å². The van der Waals surface area contributed by atoms with Crippen LogP contribution in [0.1, 0.15) is 0 Å². The summed E-state index contributed by atoms with van der Waals surface area (Å²) in [4.78, 5) is 10.9. The second kappa shape index (κ2) is 10.5. The van der Waals surface area contributed by atoms with E-state index in [4.69, 9.17) is 20.1 Å². The molecule has 0 atom stereocenters. The molecule has 0 heterocycles. The minimum atomic E-state index is -0.181. The molecule has 0 N–H and O–H groups in total. The first-order valence-electron chi connectivity index (χ1n) is 1.70. The molecule has 0 aliphatic rings. The summed E-state index contributed by atoms with van der Waals surface area (Å²) in [6, 6.07) is 0. The molecule has 8 heavy (non-hydrogen) atoms. The van der Waals surface area contributed by atoms with Gasteiger partial charge in [0.15, 0.2) is 0 Å². The third-order valence-corrected chi connectivity index (χ3v) is 0.211. The SMILES string of the molecule is CN(C)C=O.[Cl][Cr][Cl]. The zero-order valence-electron chi connectivity index (χ0n) is 4.60. The summed E-state index contributed by atoms with van der Waals surface area (Å²) in [6.45, 7) is 0. The molecule has 0 unspecified atom stereocenters. The van der Waals surface area contributed by atoms with E-state index < -0.39 is 0 Å². The van der Waals surface area contributed by atoms with Gasteiger partial charge in [-0.25, -0.2) is 0 Å². The predicted molar refractivity (Wildman–Crippen MR) is 31.5 cm³/mol. The number of amides is 1. The first kappa shape index (κ1) is 11.4. The molecule has 0 aliphatic heterocycles. The summed E-state index contributed by atoms with van der Waals surface area (Å²) in [5.41, 5.74) is 0. The normalized spacial score (nSPS) is 6.50. The van der Waals surface area contributed by atoms with Gasteiger partial charge in [-0.3, -0.25) is 4.79 Å². The van der Waals surface area contributed by atoms with E-state index in [0.29, 0.717) is 0 Å². The molecule has 0 saturated carbocycles. The monoisotopic (exact) mass is 195 g/mol. The van der Waals surface area contributed by atoms with Gasteiger partial charge in [-0.05, 0) is 0 Å². The van der Waals surface area contributed by atoms with E-state index in [1.165, 1.54) is 4.90 Å². The maximum atomic E-state index is 9.43. The van der Waals surface area contributed by atoms with E-state index in [9.17, 15) is 4.79 Å². The average Bonchev–Trinajstić information content (AvgIpc) is 1.69. The second-order valence-electron chi connectivity index (χ2n) is 1.13. The van der Waals surface area contributed by atoms with Crippen LogP contribution in [0.2, 0.25) is 0 Å². The Morgan fingerprint density at radius 1 is 1.50 bits per heavy atom. The molecule has 0 aromatic heterocycles. The number of carbonyl (C=O) groups is 1. The summed E-state index contributed by atoms with van der Waals surface area (Å²) >= 11 is -0.181. The van der Waals surface area contributed by atoms with Crippen molar-refractivity contribution < 1.29 is 18.2 Å². The van der Waals surface area contributed by atoms with Gasteiger partial charge in [-0.15, -0.1) is 0 Å². The van der Waals surface area contributed by atoms with Gasteiger partial charge in [-0.1, -0.05) is 0 Å². The number of halogens is 2. The summed E-state index contributed by atoms with van der Waals surface area (Å²) in [7, 11) is 13.0. The minimum absolute atomic E-state index is 0.181. The van der Waals surface area contributed by atoms with Gasteiger partial charge in [0.2, 0.25) is 6.41 Å². The van der Waals surface area contributed by atoms with Crippen LogP contribution in [0.4, 0.5) is 0 Å². The summed E-state index contributed by atoms with van der Waals surface area (Å²) in [6.07, 6.45) is 0.750. The van der Waals surface area contributed by atoms with Crippen molar-refractivity contribution >= 4 is 26.5 Å². The summed E-state index contributed by atoms with van der Waals surface area (Å²) in [5.74, 6) is 0. The van der Waals surface area contributed by atoms with Gasteiger partial charge < -0.3 is 4.90 Å². The van der Waals surface area contributed by atoms with Crippen molar-refractivity contribution in [2.45, 2.75) is 0 Å². The molecular weight excluding hydrogens is 189 g/mol. The Morgan fingerprint density at radius 3 is 1.62 bits per heavy atom.